The number of fused-ring (bicyclic) bond motifs is 1. The molecule has 2 heterocycles. The van der Waals surface area contributed by atoms with Crippen LogP contribution in [0.1, 0.15) is 19.0 Å². The van der Waals surface area contributed by atoms with Crippen LogP contribution in [0.25, 0.3) is 11.0 Å². The largest absolute Gasteiger partial charge is 0.374 e. The summed E-state index contributed by atoms with van der Waals surface area (Å²) < 4.78 is 4.02. The van der Waals surface area contributed by atoms with Gasteiger partial charge in [0.15, 0.2) is 5.16 Å². The Bertz CT molecular complexity index is 658. The molecule has 0 spiro atoms. The van der Waals surface area contributed by atoms with Gasteiger partial charge in [-0.3, -0.25) is 0 Å². The summed E-state index contributed by atoms with van der Waals surface area (Å²) in [5.74, 6) is 0.766. The van der Waals surface area contributed by atoms with Gasteiger partial charge in [-0.1, -0.05) is 35.3 Å². The molecule has 0 fully saturated rings. The Morgan fingerprint density at radius 1 is 1.35 bits per heavy atom. The van der Waals surface area contributed by atoms with E-state index in [2.05, 4.69) is 31.8 Å². The Hall–Kier alpha value is -1.60. The first-order chi connectivity index (χ1) is 9.86. The van der Waals surface area contributed by atoms with E-state index < -0.39 is 0 Å². The van der Waals surface area contributed by atoms with E-state index in [1.807, 2.05) is 24.3 Å². The van der Waals surface area contributed by atoms with Crippen LogP contribution < -0.4 is 5.32 Å². The molecule has 0 aliphatic rings. The Morgan fingerprint density at radius 3 is 3.10 bits per heavy atom. The lowest BCUT2D eigenvalue weighted by atomic mass is 10.3. The maximum atomic E-state index is 4.55. The van der Waals surface area contributed by atoms with E-state index in [4.69, 9.17) is 0 Å². The number of benzene rings is 1. The monoisotopic (exact) mass is 305 g/mol. The minimum absolute atomic E-state index is 0.766. The fourth-order valence-electron chi connectivity index (χ4n) is 1.81. The highest BCUT2D eigenvalue weighted by atomic mass is 32.2. The number of aromatic amines is 1. The van der Waals surface area contributed by atoms with Gasteiger partial charge in [0.1, 0.15) is 10.7 Å². The number of thioether (sulfide) groups is 1. The number of nitrogens with zero attached hydrogens (tertiary/aromatic N) is 3. The van der Waals surface area contributed by atoms with Crippen LogP contribution in [-0.2, 0) is 5.75 Å². The molecule has 0 atom stereocenters. The number of hydrogen-bond donors (Lipinski definition) is 2. The summed E-state index contributed by atoms with van der Waals surface area (Å²) >= 11 is 3.06. The molecular formula is C13H15N5S2. The van der Waals surface area contributed by atoms with E-state index in [0.29, 0.717) is 0 Å². The van der Waals surface area contributed by atoms with Gasteiger partial charge in [-0.2, -0.15) is 0 Å². The van der Waals surface area contributed by atoms with Crippen molar-refractivity contribution in [3.63, 3.8) is 0 Å². The Balaban J connectivity index is 1.68. The highest BCUT2D eigenvalue weighted by Gasteiger charge is 2.09. The smallest absolute Gasteiger partial charge is 0.166 e. The van der Waals surface area contributed by atoms with Crippen molar-refractivity contribution in [2.45, 2.75) is 24.3 Å². The normalized spacial score (nSPS) is 11.1. The van der Waals surface area contributed by atoms with E-state index in [1.165, 1.54) is 11.5 Å². The highest BCUT2D eigenvalue weighted by molar-refractivity contribution is 7.98. The second-order valence-corrected chi connectivity index (χ2v) is 6.04. The lowest BCUT2D eigenvalue weighted by Gasteiger charge is -2.02. The summed E-state index contributed by atoms with van der Waals surface area (Å²) in [6, 6.07) is 8.04. The third-order valence-corrected chi connectivity index (χ3v) is 4.41. The van der Waals surface area contributed by atoms with Crippen molar-refractivity contribution in [1.82, 2.24) is 19.6 Å². The molecule has 0 aliphatic heterocycles. The summed E-state index contributed by atoms with van der Waals surface area (Å²) in [6.07, 6.45) is 1.09. The maximum Gasteiger partial charge on any atom is 0.166 e. The maximum absolute atomic E-state index is 4.55. The molecule has 3 rings (SSSR count). The van der Waals surface area contributed by atoms with Crippen LogP contribution in [0.5, 0.6) is 0 Å². The molecule has 20 heavy (non-hydrogen) atoms. The minimum Gasteiger partial charge on any atom is -0.374 e. The average Bonchev–Trinajstić information content (AvgIpc) is 3.08. The van der Waals surface area contributed by atoms with Crippen molar-refractivity contribution in [1.29, 1.82) is 0 Å². The Kier molecular flexibility index (Phi) is 4.17. The molecule has 0 amide bonds. The number of anilines is 1. The number of H-pyrrole nitrogens is 1. The van der Waals surface area contributed by atoms with Crippen LogP contribution in [0.2, 0.25) is 0 Å². The first kappa shape index (κ1) is 13.4. The predicted molar refractivity (Wildman–Crippen MR) is 84.3 cm³/mol. The Morgan fingerprint density at radius 2 is 2.25 bits per heavy atom. The predicted octanol–water partition coefficient (Wildman–Crippen LogP) is 3.53. The molecule has 0 saturated heterocycles. The summed E-state index contributed by atoms with van der Waals surface area (Å²) in [5.41, 5.74) is 3.06. The van der Waals surface area contributed by atoms with Gasteiger partial charge in [-0.15, -0.1) is 5.10 Å². The van der Waals surface area contributed by atoms with Crippen LogP contribution in [-0.4, -0.2) is 26.1 Å². The van der Waals surface area contributed by atoms with Gasteiger partial charge in [0, 0.05) is 23.8 Å². The number of aromatic nitrogens is 4. The SMILES string of the molecule is CCCNc1snnc1CSc1nc2ccccc2[nH]1. The molecule has 0 radical (unpaired) electrons. The minimum atomic E-state index is 0.766. The zero-order valence-corrected chi connectivity index (χ0v) is 12.7. The van der Waals surface area contributed by atoms with Crippen LogP contribution in [0.15, 0.2) is 29.4 Å². The summed E-state index contributed by atoms with van der Waals surface area (Å²) in [6.45, 7) is 3.09. The lowest BCUT2D eigenvalue weighted by Crippen LogP contribution is -2.00. The van der Waals surface area contributed by atoms with Crippen molar-refractivity contribution in [3.05, 3.63) is 30.0 Å². The van der Waals surface area contributed by atoms with E-state index >= 15 is 0 Å². The molecule has 104 valence electrons. The molecule has 0 bridgehead atoms. The van der Waals surface area contributed by atoms with Gasteiger partial charge in [-0.25, -0.2) is 4.98 Å². The highest BCUT2D eigenvalue weighted by Crippen LogP contribution is 2.27. The number of nitrogens with one attached hydrogen (secondary N) is 2. The molecule has 5 nitrogen and oxygen atoms in total. The lowest BCUT2D eigenvalue weighted by molar-refractivity contribution is 0.975. The average molecular weight is 305 g/mol. The molecule has 0 unspecified atom stereocenters. The van der Waals surface area contributed by atoms with Gasteiger partial charge >= 0.3 is 0 Å². The van der Waals surface area contributed by atoms with Gasteiger partial charge in [0.2, 0.25) is 0 Å². The van der Waals surface area contributed by atoms with Gasteiger partial charge in [-0.05, 0) is 18.6 Å². The number of hydrogen-bond acceptors (Lipinski definition) is 6. The molecule has 3 aromatic rings. The van der Waals surface area contributed by atoms with E-state index in [1.54, 1.807) is 11.8 Å². The van der Waals surface area contributed by atoms with Crippen LogP contribution >= 0.6 is 23.3 Å². The van der Waals surface area contributed by atoms with Crippen molar-refractivity contribution in [2.75, 3.05) is 11.9 Å². The van der Waals surface area contributed by atoms with Crippen LogP contribution in [0.3, 0.4) is 0 Å². The third-order valence-electron chi connectivity index (χ3n) is 2.80. The number of para-hydroxylation sites is 2. The fourth-order valence-corrected chi connectivity index (χ4v) is 3.33. The second-order valence-electron chi connectivity index (χ2n) is 4.32. The van der Waals surface area contributed by atoms with Crippen LogP contribution in [0.4, 0.5) is 5.00 Å². The van der Waals surface area contributed by atoms with Crippen LogP contribution in [0, 0.1) is 0 Å². The molecule has 0 aliphatic carbocycles. The van der Waals surface area contributed by atoms with Crippen molar-refractivity contribution >= 4 is 39.3 Å². The number of rotatable bonds is 6. The van der Waals surface area contributed by atoms with E-state index in [0.717, 1.165) is 45.6 Å². The fraction of sp³-hybridized carbons (Fsp3) is 0.308. The van der Waals surface area contributed by atoms with Gasteiger partial charge in [0.05, 0.1) is 11.0 Å². The van der Waals surface area contributed by atoms with E-state index in [9.17, 15) is 0 Å². The zero-order chi connectivity index (χ0) is 13.8. The summed E-state index contributed by atoms with van der Waals surface area (Å²) in [5, 5.41) is 9.52. The third kappa shape index (κ3) is 2.94. The Labute approximate surface area is 125 Å². The molecule has 2 N–H and O–H groups in total. The summed E-state index contributed by atoms with van der Waals surface area (Å²) in [7, 11) is 0. The van der Waals surface area contributed by atoms with Crippen molar-refractivity contribution in [3.8, 4) is 0 Å². The van der Waals surface area contributed by atoms with Crippen molar-refractivity contribution in [2.24, 2.45) is 0 Å². The molecule has 2 aromatic heterocycles. The number of imidazole rings is 1. The summed E-state index contributed by atoms with van der Waals surface area (Å²) in [4.78, 5) is 7.85. The second kappa shape index (κ2) is 6.23. The zero-order valence-electron chi connectivity index (χ0n) is 11.1. The standard InChI is InChI=1S/C13H15N5S2/c1-2-7-14-12-11(17-18-20-12)8-19-13-15-9-5-3-4-6-10(9)16-13/h3-6,14H,2,7-8H2,1H3,(H,15,16). The topological polar surface area (TPSA) is 66.5 Å². The van der Waals surface area contributed by atoms with Gasteiger partial charge < -0.3 is 10.3 Å². The molecule has 7 heteroatoms. The molecular weight excluding hydrogens is 290 g/mol. The molecule has 1 aromatic carbocycles. The van der Waals surface area contributed by atoms with Gasteiger partial charge in [0.25, 0.3) is 0 Å². The first-order valence-corrected chi connectivity index (χ1v) is 8.25. The quantitative estimate of drug-likeness (QED) is 0.682. The molecule has 0 saturated carbocycles. The first-order valence-electron chi connectivity index (χ1n) is 6.49. The van der Waals surface area contributed by atoms with E-state index in [-0.39, 0.29) is 0 Å². The van der Waals surface area contributed by atoms with Crippen molar-refractivity contribution < 1.29 is 0 Å².